The molecule has 0 radical (unpaired) electrons. The molecule has 0 aromatic rings. The lowest BCUT2D eigenvalue weighted by atomic mass is 9.94. The van der Waals surface area contributed by atoms with Crippen LogP contribution in [0, 0.1) is 11.8 Å². The van der Waals surface area contributed by atoms with Gasteiger partial charge in [-0.15, -0.1) is 0 Å². The normalized spacial score (nSPS) is 20.9. The molecule has 1 aliphatic rings. The molecule has 0 saturated carbocycles. The SMILES string of the molecule is CC(C)C[C@H](CN)CC(=O)O[C@H]1CCN(C(C)C)C1=O. The van der Waals surface area contributed by atoms with Crippen LogP contribution in [0.25, 0.3) is 0 Å². The summed E-state index contributed by atoms with van der Waals surface area (Å²) in [5, 5.41) is 0. The van der Waals surface area contributed by atoms with Crippen LogP contribution in [-0.2, 0) is 14.3 Å². The van der Waals surface area contributed by atoms with E-state index in [1.54, 1.807) is 4.90 Å². The van der Waals surface area contributed by atoms with Gasteiger partial charge in [-0.1, -0.05) is 13.8 Å². The third-order valence-electron chi connectivity index (χ3n) is 3.68. The van der Waals surface area contributed by atoms with Crippen molar-refractivity contribution in [2.75, 3.05) is 13.1 Å². The molecule has 1 amide bonds. The number of ether oxygens (including phenoxy) is 1. The molecule has 0 spiro atoms. The zero-order valence-electron chi connectivity index (χ0n) is 13.1. The molecule has 20 heavy (non-hydrogen) atoms. The number of amides is 1. The highest BCUT2D eigenvalue weighted by Gasteiger charge is 2.35. The number of hydrogen-bond donors (Lipinski definition) is 1. The summed E-state index contributed by atoms with van der Waals surface area (Å²) in [6.45, 7) is 9.29. The summed E-state index contributed by atoms with van der Waals surface area (Å²) in [7, 11) is 0. The maximum Gasteiger partial charge on any atom is 0.306 e. The van der Waals surface area contributed by atoms with Crippen molar-refractivity contribution in [2.45, 2.75) is 59.1 Å². The second kappa shape index (κ2) is 7.62. The lowest BCUT2D eigenvalue weighted by Crippen LogP contribution is -2.36. The Balaban J connectivity index is 2.45. The van der Waals surface area contributed by atoms with Crippen molar-refractivity contribution >= 4 is 11.9 Å². The number of carbonyl (C=O) groups excluding carboxylic acids is 2. The number of hydrogen-bond acceptors (Lipinski definition) is 4. The minimum absolute atomic E-state index is 0.0680. The average molecular weight is 284 g/mol. The van der Waals surface area contributed by atoms with Crippen LogP contribution in [0.2, 0.25) is 0 Å². The quantitative estimate of drug-likeness (QED) is 0.720. The molecule has 2 atom stereocenters. The van der Waals surface area contributed by atoms with E-state index in [0.29, 0.717) is 31.8 Å². The lowest BCUT2D eigenvalue weighted by Gasteiger charge is -2.21. The Hall–Kier alpha value is -1.10. The molecule has 5 nitrogen and oxygen atoms in total. The van der Waals surface area contributed by atoms with Crippen molar-refractivity contribution in [3.63, 3.8) is 0 Å². The molecule has 1 heterocycles. The van der Waals surface area contributed by atoms with Crippen molar-refractivity contribution in [3.8, 4) is 0 Å². The van der Waals surface area contributed by atoms with Gasteiger partial charge < -0.3 is 15.4 Å². The van der Waals surface area contributed by atoms with Crippen molar-refractivity contribution in [3.05, 3.63) is 0 Å². The summed E-state index contributed by atoms with van der Waals surface area (Å²) in [4.78, 5) is 25.7. The molecular formula is C15H28N2O3. The molecule has 2 N–H and O–H groups in total. The second-order valence-electron chi connectivity index (χ2n) is 6.33. The molecule has 0 unspecified atom stereocenters. The van der Waals surface area contributed by atoms with E-state index in [0.717, 1.165) is 6.42 Å². The number of rotatable bonds is 7. The molecule has 0 aromatic carbocycles. The van der Waals surface area contributed by atoms with Crippen molar-refractivity contribution in [1.29, 1.82) is 0 Å². The molecule has 116 valence electrons. The topological polar surface area (TPSA) is 72.6 Å². The smallest absolute Gasteiger partial charge is 0.306 e. The van der Waals surface area contributed by atoms with Gasteiger partial charge in [0.2, 0.25) is 0 Å². The van der Waals surface area contributed by atoms with E-state index in [9.17, 15) is 9.59 Å². The van der Waals surface area contributed by atoms with Gasteiger partial charge in [0.25, 0.3) is 5.91 Å². The predicted molar refractivity (Wildman–Crippen MR) is 78.0 cm³/mol. The summed E-state index contributed by atoms with van der Waals surface area (Å²) in [6.07, 6.45) is 1.21. The fourth-order valence-electron chi connectivity index (χ4n) is 2.67. The van der Waals surface area contributed by atoms with Gasteiger partial charge in [-0.2, -0.15) is 0 Å². The Morgan fingerprint density at radius 1 is 1.40 bits per heavy atom. The van der Waals surface area contributed by atoms with Crippen molar-refractivity contribution in [1.82, 2.24) is 4.90 Å². The Morgan fingerprint density at radius 3 is 2.50 bits per heavy atom. The van der Waals surface area contributed by atoms with Crippen LogP contribution in [0.1, 0.15) is 47.0 Å². The van der Waals surface area contributed by atoms with Gasteiger partial charge in [-0.3, -0.25) is 9.59 Å². The molecule has 0 bridgehead atoms. The molecule has 1 aliphatic heterocycles. The van der Waals surface area contributed by atoms with Gasteiger partial charge in [0.15, 0.2) is 6.10 Å². The maximum absolute atomic E-state index is 12.0. The molecular weight excluding hydrogens is 256 g/mol. The zero-order chi connectivity index (χ0) is 15.3. The third-order valence-corrected chi connectivity index (χ3v) is 3.68. The van der Waals surface area contributed by atoms with Crippen molar-refractivity contribution in [2.24, 2.45) is 17.6 Å². The highest BCUT2D eigenvalue weighted by molar-refractivity contribution is 5.85. The highest BCUT2D eigenvalue weighted by atomic mass is 16.5. The van der Waals surface area contributed by atoms with Crippen LogP contribution >= 0.6 is 0 Å². The molecule has 5 heteroatoms. The fraction of sp³-hybridized carbons (Fsp3) is 0.867. The number of esters is 1. The standard InChI is InChI=1S/C15H28N2O3/c1-10(2)7-12(9-16)8-14(18)20-13-5-6-17(11(3)4)15(13)19/h10-13H,5-9,16H2,1-4H3/t12-,13-/m0/s1. The van der Waals surface area contributed by atoms with Crippen LogP contribution in [0.15, 0.2) is 0 Å². The van der Waals surface area contributed by atoms with E-state index in [4.69, 9.17) is 10.5 Å². The minimum Gasteiger partial charge on any atom is -0.452 e. The Bertz CT molecular complexity index is 342. The first-order valence-corrected chi connectivity index (χ1v) is 7.55. The lowest BCUT2D eigenvalue weighted by molar-refractivity contribution is -0.157. The summed E-state index contributed by atoms with van der Waals surface area (Å²) >= 11 is 0. The minimum atomic E-state index is -0.595. The van der Waals surface area contributed by atoms with Gasteiger partial charge in [0.1, 0.15) is 0 Å². The fourth-order valence-corrected chi connectivity index (χ4v) is 2.67. The first kappa shape index (κ1) is 17.0. The molecule has 0 aromatic heterocycles. The van der Waals surface area contributed by atoms with Gasteiger partial charge in [0, 0.05) is 25.4 Å². The zero-order valence-corrected chi connectivity index (χ0v) is 13.1. The summed E-state index contributed by atoms with van der Waals surface area (Å²) in [6, 6.07) is 0.156. The van der Waals surface area contributed by atoms with Gasteiger partial charge in [-0.25, -0.2) is 0 Å². The van der Waals surface area contributed by atoms with E-state index in [1.807, 2.05) is 13.8 Å². The first-order chi connectivity index (χ1) is 9.35. The maximum atomic E-state index is 12.0. The van der Waals surface area contributed by atoms with Crippen LogP contribution in [0.5, 0.6) is 0 Å². The average Bonchev–Trinajstić information content (AvgIpc) is 2.69. The van der Waals surface area contributed by atoms with Gasteiger partial charge in [0.05, 0.1) is 0 Å². The van der Waals surface area contributed by atoms with Crippen LogP contribution in [0.3, 0.4) is 0 Å². The number of nitrogens with zero attached hydrogens (tertiary/aromatic N) is 1. The van der Waals surface area contributed by atoms with E-state index < -0.39 is 6.10 Å². The van der Waals surface area contributed by atoms with E-state index in [1.165, 1.54) is 0 Å². The summed E-state index contributed by atoms with van der Waals surface area (Å²) < 4.78 is 5.33. The van der Waals surface area contributed by atoms with E-state index in [2.05, 4.69) is 13.8 Å². The third kappa shape index (κ3) is 4.78. The largest absolute Gasteiger partial charge is 0.452 e. The highest BCUT2D eigenvalue weighted by Crippen LogP contribution is 2.20. The monoisotopic (exact) mass is 284 g/mol. The number of nitrogens with two attached hydrogens (primary N) is 1. The Labute approximate surface area is 121 Å². The molecule has 1 fully saturated rings. The Kier molecular flexibility index (Phi) is 6.46. The van der Waals surface area contributed by atoms with Gasteiger partial charge >= 0.3 is 5.97 Å². The molecule has 1 rings (SSSR count). The first-order valence-electron chi connectivity index (χ1n) is 7.55. The molecule has 0 aliphatic carbocycles. The van der Waals surface area contributed by atoms with Crippen LogP contribution < -0.4 is 5.73 Å². The number of likely N-dealkylation sites (tertiary alicyclic amines) is 1. The summed E-state index contributed by atoms with van der Waals surface area (Å²) in [5.41, 5.74) is 5.68. The van der Waals surface area contributed by atoms with Crippen molar-refractivity contribution < 1.29 is 14.3 Å². The van der Waals surface area contributed by atoms with E-state index >= 15 is 0 Å². The summed E-state index contributed by atoms with van der Waals surface area (Å²) in [5.74, 6) is 0.271. The number of carbonyl (C=O) groups is 2. The Morgan fingerprint density at radius 2 is 2.05 bits per heavy atom. The van der Waals surface area contributed by atoms with E-state index in [-0.39, 0.29) is 23.8 Å². The predicted octanol–water partition coefficient (Wildman–Crippen LogP) is 1.55. The second-order valence-corrected chi connectivity index (χ2v) is 6.33. The van der Waals surface area contributed by atoms with Crippen LogP contribution in [0.4, 0.5) is 0 Å². The van der Waals surface area contributed by atoms with Gasteiger partial charge in [-0.05, 0) is 38.6 Å². The molecule has 1 saturated heterocycles. The van der Waals surface area contributed by atoms with Crippen LogP contribution in [-0.4, -0.2) is 42.0 Å².